The third kappa shape index (κ3) is 17.9. The van der Waals surface area contributed by atoms with E-state index in [2.05, 4.69) is 45.0 Å². The number of nitrogens with one attached hydrogen (secondary N) is 3. The highest BCUT2D eigenvalue weighted by molar-refractivity contribution is 9.10. The predicted molar refractivity (Wildman–Crippen MR) is 301 cm³/mol. The summed E-state index contributed by atoms with van der Waals surface area (Å²) in [5, 5.41) is 17.6. The summed E-state index contributed by atoms with van der Waals surface area (Å²) in [5.74, 6) is 3.41. The number of rotatable bonds is 21. The quantitative estimate of drug-likeness (QED) is 0.0430. The van der Waals surface area contributed by atoms with Crippen LogP contribution in [0.1, 0.15) is 94.1 Å². The van der Waals surface area contributed by atoms with Gasteiger partial charge in [-0.05, 0) is 146 Å². The zero-order chi connectivity index (χ0) is 55.0. The van der Waals surface area contributed by atoms with Gasteiger partial charge in [-0.2, -0.15) is 0 Å². The lowest BCUT2D eigenvalue weighted by atomic mass is 9.80. The number of pyridine rings is 3. The van der Waals surface area contributed by atoms with Gasteiger partial charge in [0.2, 0.25) is 30.1 Å². The summed E-state index contributed by atoms with van der Waals surface area (Å²) in [7, 11) is -6.41. The third-order valence-electron chi connectivity index (χ3n) is 12.9. The van der Waals surface area contributed by atoms with Crippen molar-refractivity contribution < 1.29 is 49.5 Å². The molecule has 3 aromatic carbocycles. The predicted octanol–water partition coefficient (Wildman–Crippen LogP) is 7.90. The van der Waals surface area contributed by atoms with Crippen LogP contribution in [0.15, 0.2) is 133 Å². The Morgan fingerprint density at radius 1 is 0.513 bits per heavy atom. The molecule has 3 heterocycles. The summed E-state index contributed by atoms with van der Waals surface area (Å²) in [5.41, 5.74) is 6.85. The fourth-order valence-corrected chi connectivity index (χ4v) is 11.3. The van der Waals surface area contributed by atoms with Crippen LogP contribution in [0.25, 0.3) is 22.3 Å². The minimum absolute atomic E-state index is 0.0792. The molecule has 3 saturated carbocycles. The van der Waals surface area contributed by atoms with Gasteiger partial charge in [0.15, 0.2) is 0 Å². The fourth-order valence-electron chi connectivity index (χ4n) is 8.22. The SMILES string of the molecule is CCS(=O)(=O)NC(c1cncc(-c2ccccc2OC)c1)C1CC1.CCS(=O)(=O)NC(c1cncc(-c2ccccc2OC)c1)C1CC1.CCS(=O)(=O)NC(c1cncc(Br)c1)C1CC1.COc1ccccc1B(O)O. The topological polar surface area (TPSA) is 245 Å². The van der Waals surface area contributed by atoms with Gasteiger partial charge in [0.05, 0.1) is 56.7 Å². The summed E-state index contributed by atoms with van der Waals surface area (Å²) in [6.45, 7) is 4.94. The average Bonchev–Trinajstić information content (AvgIpc) is 4.26. The number of aromatic nitrogens is 3. The first-order valence-corrected chi connectivity index (χ1v) is 30.9. The Morgan fingerprint density at radius 3 is 1.16 bits per heavy atom. The van der Waals surface area contributed by atoms with Gasteiger partial charge in [-0.1, -0.05) is 54.6 Å². The van der Waals surface area contributed by atoms with Crippen molar-refractivity contribution in [2.24, 2.45) is 17.8 Å². The summed E-state index contributed by atoms with van der Waals surface area (Å²) >= 11 is 3.36. The molecule has 0 saturated heterocycles. The highest BCUT2D eigenvalue weighted by Gasteiger charge is 2.37. The van der Waals surface area contributed by atoms with Crippen molar-refractivity contribution >= 4 is 58.6 Å². The number of halogens is 1. The smallest absolute Gasteiger partial charge is 0.492 e. The van der Waals surface area contributed by atoms with E-state index in [1.807, 2.05) is 66.7 Å². The second-order valence-electron chi connectivity index (χ2n) is 18.5. The molecule has 0 aliphatic heterocycles. The van der Waals surface area contributed by atoms with Crippen molar-refractivity contribution in [1.82, 2.24) is 29.1 Å². The fraction of sp³-hybridized carbons (Fsp3) is 0.389. The van der Waals surface area contributed by atoms with Crippen LogP contribution in [0.5, 0.6) is 17.2 Å². The van der Waals surface area contributed by atoms with Gasteiger partial charge in [0.25, 0.3) is 0 Å². The molecular formula is C54H68BBrN6O11S3. The van der Waals surface area contributed by atoms with Crippen LogP contribution < -0.4 is 33.8 Å². The van der Waals surface area contributed by atoms with E-state index in [4.69, 9.17) is 24.3 Å². The Bertz CT molecular complexity index is 3050. The molecule has 3 unspecified atom stereocenters. The van der Waals surface area contributed by atoms with Gasteiger partial charge in [-0.15, -0.1) is 0 Å². The molecule has 3 atom stereocenters. The number of ether oxygens (including phenoxy) is 3. The van der Waals surface area contributed by atoms with E-state index in [1.54, 1.807) is 96.4 Å². The Morgan fingerprint density at radius 2 is 0.842 bits per heavy atom. The van der Waals surface area contributed by atoms with Crippen molar-refractivity contribution in [3.63, 3.8) is 0 Å². The first-order chi connectivity index (χ1) is 36.3. The van der Waals surface area contributed by atoms with Crippen molar-refractivity contribution in [2.75, 3.05) is 38.6 Å². The first-order valence-electron chi connectivity index (χ1n) is 25.1. The number of hydrogen-bond donors (Lipinski definition) is 5. The van der Waals surface area contributed by atoms with Gasteiger partial charge < -0.3 is 24.3 Å². The summed E-state index contributed by atoms with van der Waals surface area (Å²) in [6, 6.07) is 27.6. The second kappa shape index (κ2) is 27.8. The van der Waals surface area contributed by atoms with E-state index >= 15 is 0 Å². The normalized spacial score (nSPS) is 15.4. The van der Waals surface area contributed by atoms with Crippen LogP contribution in [0.2, 0.25) is 0 Å². The molecule has 3 aliphatic rings. The number of para-hydroxylation sites is 3. The molecule has 76 heavy (non-hydrogen) atoms. The number of nitrogens with zero attached hydrogens (tertiary/aromatic N) is 3. The highest BCUT2D eigenvalue weighted by atomic mass is 79.9. The van der Waals surface area contributed by atoms with Crippen LogP contribution >= 0.6 is 15.9 Å². The zero-order valence-electron chi connectivity index (χ0n) is 43.5. The van der Waals surface area contributed by atoms with E-state index in [-0.39, 0.29) is 35.4 Å². The molecule has 22 heteroatoms. The molecule has 0 radical (unpaired) electrons. The summed E-state index contributed by atoms with van der Waals surface area (Å²) in [4.78, 5) is 12.8. The van der Waals surface area contributed by atoms with E-state index in [0.29, 0.717) is 29.0 Å². The Hall–Kier alpha value is -5.30. The van der Waals surface area contributed by atoms with Crippen molar-refractivity contribution in [1.29, 1.82) is 0 Å². The van der Waals surface area contributed by atoms with Gasteiger partial charge in [-0.3, -0.25) is 15.0 Å². The first kappa shape index (κ1) is 59.9. The van der Waals surface area contributed by atoms with Crippen LogP contribution in [0.4, 0.5) is 0 Å². The third-order valence-corrected chi connectivity index (χ3v) is 17.5. The molecule has 0 amide bonds. The van der Waals surface area contributed by atoms with Crippen molar-refractivity contribution in [3.8, 4) is 39.5 Å². The number of benzene rings is 3. The number of methoxy groups -OCH3 is 3. The highest BCUT2D eigenvalue weighted by Crippen LogP contribution is 2.44. The van der Waals surface area contributed by atoms with Crippen LogP contribution in [-0.2, 0) is 30.1 Å². The lowest BCUT2D eigenvalue weighted by Gasteiger charge is -2.19. The monoisotopic (exact) mass is 1160 g/mol. The van der Waals surface area contributed by atoms with E-state index < -0.39 is 37.2 Å². The minimum atomic E-state index is -3.26. The molecule has 3 aromatic heterocycles. The van der Waals surface area contributed by atoms with Gasteiger partial charge in [0.1, 0.15) is 17.2 Å². The van der Waals surface area contributed by atoms with Gasteiger partial charge >= 0.3 is 7.12 Å². The van der Waals surface area contributed by atoms with Crippen molar-refractivity contribution in [2.45, 2.75) is 77.4 Å². The molecule has 0 bridgehead atoms. The minimum Gasteiger partial charge on any atom is -0.497 e. The van der Waals surface area contributed by atoms with Crippen molar-refractivity contribution in [3.05, 3.63) is 149 Å². The second-order valence-corrected chi connectivity index (χ2v) is 25.5. The Labute approximate surface area is 457 Å². The van der Waals surface area contributed by atoms with E-state index in [1.165, 1.54) is 7.11 Å². The maximum absolute atomic E-state index is 12.0. The molecular weight excluding hydrogens is 1100 g/mol. The maximum atomic E-state index is 12.0. The molecule has 9 rings (SSSR count). The van der Waals surface area contributed by atoms with E-state index in [9.17, 15) is 25.3 Å². The molecule has 408 valence electrons. The van der Waals surface area contributed by atoms with Gasteiger partial charge in [0, 0.05) is 69.4 Å². The van der Waals surface area contributed by atoms with Crippen LogP contribution in [-0.4, -0.2) is 96.0 Å². The maximum Gasteiger partial charge on any atom is 0.492 e. The molecule has 6 aromatic rings. The van der Waals surface area contributed by atoms with Crippen LogP contribution in [0, 0.1) is 17.8 Å². The molecule has 3 fully saturated rings. The standard InChI is InChI=1S/2C18H22N2O3S.C11H15BrN2O2S.C7H9BO3/c2*1-3-24(21,22)20-18(13-8-9-13)15-10-14(11-19-12-15)16-6-4-5-7-17(16)23-2;1-2-17(15,16)14-11(8-3-4-8)9-5-10(12)7-13-6-9;1-11-7-5-3-2-4-6(7)8(9)10/h2*4-7,10-13,18,20H,3,8-9H2,1-2H3;5-8,11,14H,2-4H2,1H3;2-5,9-10H,1H3. The number of sulfonamides is 3. The molecule has 3 aliphatic carbocycles. The van der Waals surface area contributed by atoms with Gasteiger partial charge in [-0.25, -0.2) is 39.4 Å². The average molecular weight is 1160 g/mol. The molecule has 17 nitrogen and oxygen atoms in total. The summed E-state index contributed by atoms with van der Waals surface area (Å²) < 4.78 is 96.4. The zero-order valence-corrected chi connectivity index (χ0v) is 47.6. The number of hydrogen-bond acceptors (Lipinski definition) is 14. The molecule has 5 N–H and O–H groups in total. The van der Waals surface area contributed by atoms with Crippen LogP contribution in [0.3, 0.4) is 0 Å². The summed E-state index contributed by atoms with van der Waals surface area (Å²) in [6.07, 6.45) is 16.8. The Balaban J connectivity index is 0.000000171. The largest absolute Gasteiger partial charge is 0.497 e. The lowest BCUT2D eigenvalue weighted by Crippen LogP contribution is -2.31. The lowest BCUT2D eigenvalue weighted by molar-refractivity contribution is 0.403. The molecule has 0 spiro atoms. The van der Waals surface area contributed by atoms with E-state index in [0.717, 1.165) is 93.4 Å². The Kier molecular flexibility index (Phi) is 22.0.